The molecular weight excluding hydrogens is 596 g/mol. The van der Waals surface area contributed by atoms with Gasteiger partial charge in [-0.3, -0.25) is 29.8 Å². The lowest BCUT2D eigenvalue weighted by atomic mass is 10.1. The van der Waals surface area contributed by atoms with Crippen molar-refractivity contribution in [2.45, 2.75) is 39.5 Å². The number of nitrogen functional groups attached to an aromatic ring is 1. The number of hydrogen-bond acceptors (Lipinski definition) is 15. The van der Waals surface area contributed by atoms with Crippen LogP contribution < -0.4 is 16.7 Å². The lowest BCUT2D eigenvalue weighted by Gasteiger charge is -2.06. The number of esters is 2. The van der Waals surface area contributed by atoms with Crippen molar-refractivity contribution in [3.63, 3.8) is 0 Å². The number of hydrazone groups is 1. The molecule has 0 aliphatic carbocycles. The van der Waals surface area contributed by atoms with E-state index in [9.17, 15) is 33.6 Å². The van der Waals surface area contributed by atoms with E-state index in [2.05, 4.69) is 41.8 Å². The summed E-state index contributed by atoms with van der Waals surface area (Å²) in [4.78, 5) is 84.9. The molecule has 17 heteroatoms. The van der Waals surface area contributed by atoms with E-state index >= 15 is 0 Å². The van der Waals surface area contributed by atoms with Crippen LogP contribution in [0.1, 0.15) is 60.2 Å². The Kier molecular flexibility index (Phi) is 21.2. The molecule has 0 fully saturated rings. The highest BCUT2D eigenvalue weighted by Gasteiger charge is 2.16. The molecule has 0 spiro atoms. The Morgan fingerprint density at radius 1 is 0.756 bits per heavy atom. The molecule has 2 aromatic heterocycles. The van der Waals surface area contributed by atoms with Gasteiger partial charge in [0.25, 0.3) is 11.8 Å². The summed E-state index contributed by atoms with van der Waals surface area (Å²) in [6.45, 7) is 2.15. The van der Waals surface area contributed by atoms with E-state index in [0.29, 0.717) is 11.1 Å². The number of aromatic nitrogens is 2. The third kappa shape index (κ3) is 19.4. The van der Waals surface area contributed by atoms with Gasteiger partial charge in [-0.2, -0.15) is 9.84 Å². The normalized spacial score (nSPS) is 10.0. The van der Waals surface area contributed by atoms with Crippen LogP contribution >= 0.6 is 0 Å². The zero-order valence-corrected chi connectivity index (χ0v) is 25.0. The third-order valence-corrected chi connectivity index (χ3v) is 4.77. The van der Waals surface area contributed by atoms with Crippen LogP contribution in [-0.4, -0.2) is 77.5 Å². The predicted molar refractivity (Wildman–Crippen MR) is 155 cm³/mol. The number of carbonyl (C=O) groups is 7. The second-order valence-electron chi connectivity index (χ2n) is 8.36. The average molecular weight is 632 g/mol. The topological polar surface area (TPSA) is 245 Å². The number of nitrogens with one attached hydrogen (secondary N) is 2. The summed E-state index contributed by atoms with van der Waals surface area (Å²) in [7, 11) is 4.31. The number of hydrazine groups is 1. The smallest absolute Gasteiger partial charge is 0.376 e. The molecule has 45 heavy (non-hydrogen) atoms. The molecule has 242 valence electrons. The highest BCUT2D eigenvalue weighted by Crippen LogP contribution is 2.00. The van der Waals surface area contributed by atoms with Crippen molar-refractivity contribution in [3.05, 3.63) is 67.3 Å². The van der Waals surface area contributed by atoms with Gasteiger partial charge in [0.1, 0.15) is 17.3 Å². The molecule has 0 atom stereocenters. The van der Waals surface area contributed by atoms with Crippen molar-refractivity contribution in [2.24, 2.45) is 10.9 Å². The summed E-state index contributed by atoms with van der Waals surface area (Å²) in [5.74, 6) is 1.36. The van der Waals surface area contributed by atoms with E-state index in [1.165, 1.54) is 57.9 Å². The number of nitrogens with zero attached hydrogens (tertiary/aromatic N) is 3. The van der Waals surface area contributed by atoms with E-state index in [4.69, 9.17) is 10.6 Å². The molecule has 0 saturated carbocycles. The SMILES string of the molecule is COCOC(=O)/C(CCC(C)=O)=N\NC(=O)c1ccncc1.NNC(=O)c1ccncc1.[CH2+]OCOC(=O)C(=O)CCC(C)=O. The zero-order chi connectivity index (χ0) is 34.0. The van der Waals surface area contributed by atoms with Crippen LogP contribution in [0.25, 0.3) is 0 Å². The molecule has 2 aromatic rings. The fourth-order valence-electron chi connectivity index (χ4n) is 2.53. The second-order valence-corrected chi connectivity index (χ2v) is 8.36. The van der Waals surface area contributed by atoms with Gasteiger partial charge in [0.2, 0.25) is 19.7 Å². The van der Waals surface area contributed by atoms with Crippen molar-refractivity contribution in [1.82, 2.24) is 20.8 Å². The predicted octanol–water partition coefficient (Wildman–Crippen LogP) is 0.602. The van der Waals surface area contributed by atoms with Gasteiger partial charge in [-0.1, -0.05) is 0 Å². The Hall–Kier alpha value is -5.39. The Balaban J connectivity index is 0.000000712. The average Bonchev–Trinajstić information content (AvgIpc) is 3.05. The summed E-state index contributed by atoms with van der Waals surface area (Å²) < 4.78 is 17.9. The molecule has 0 saturated heterocycles. The van der Waals surface area contributed by atoms with Crippen LogP contribution in [0.15, 0.2) is 54.2 Å². The quantitative estimate of drug-likeness (QED) is 0.0356. The number of pyridine rings is 2. The largest absolute Gasteiger partial charge is 0.434 e. The van der Waals surface area contributed by atoms with Crippen LogP contribution in [0.4, 0.5) is 0 Å². The summed E-state index contributed by atoms with van der Waals surface area (Å²) in [5.41, 5.74) is 5.06. The molecule has 17 nitrogen and oxygen atoms in total. The van der Waals surface area contributed by atoms with Gasteiger partial charge >= 0.3 is 11.9 Å². The minimum atomic E-state index is -0.995. The number of amides is 2. The fourth-order valence-corrected chi connectivity index (χ4v) is 2.53. The Morgan fingerprint density at radius 3 is 1.71 bits per heavy atom. The second kappa shape index (κ2) is 24.1. The number of ether oxygens (including phenoxy) is 4. The Labute approximate surface area is 258 Å². The Morgan fingerprint density at radius 2 is 1.24 bits per heavy atom. The zero-order valence-electron chi connectivity index (χ0n) is 25.0. The Bertz CT molecular complexity index is 1290. The number of ketones is 3. The first-order valence-electron chi connectivity index (χ1n) is 12.9. The lowest BCUT2D eigenvalue weighted by molar-refractivity contribution is -0.160. The van der Waals surface area contributed by atoms with Crippen molar-refractivity contribution in [2.75, 3.05) is 20.7 Å². The minimum absolute atomic E-state index is 0.0547. The minimum Gasteiger partial charge on any atom is -0.434 e. The third-order valence-electron chi connectivity index (χ3n) is 4.77. The van der Waals surface area contributed by atoms with E-state index in [1.54, 1.807) is 12.1 Å². The van der Waals surface area contributed by atoms with Crippen LogP contribution in [-0.2, 0) is 42.9 Å². The maximum absolute atomic E-state index is 11.8. The molecule has 0 radical (unpaired) electrons. The fraction of sp³-hybridized carbons (Fsp3) is 0.321. The van der Waals surface area contributed by atoms with E-state index in [-0.39, 0.29) is 62.5 Å². The van der Waals surface area contributed by atoms with Crippen LogP contribution in [0.5, 0.6) is 0 Å². The molecule has 2 rings (SSSR count). The van der Waals surface area contributed by atoms with Crippen molar-refractivity contribution in [1.29, 1.82) is 0 Å². The number of carbonyl (C=O) groups excluding carboxylic acids is 7. The molecular formula is C28H35N6O11+. The highest BCUT2D eigenvalue weighted by atomic mass is 16.7. The van der Waals surface area contributed by atoms with Gasteiger partial charge in [0.15, 0.2) is 6.79 Å². The van der Waals surface area contributed by atoms with Crippen molar-refractivity contribution >= 4 is 46.8 Å². The molecule has 0 aromatic carbocycles. The summed E-state index contributed by atoms with van der Waals surface area (Å²) >= 11 is 0. The summed E-state index contributed by atoms with van der Waals surface area (Å²) in [5, 5.41) is 3.74. The molecule has 4 N–H and O–H groups in total. The van der Waals surface area contributed by atoms with Gasteiger partial charge in [0.05, 0.1) is 0 Å². The standard InChI is InChI=1S/C14H17N3O5.C8H11O5.C6H7N3O/c1-10(18)3-4-12(14(20)22-9-21-2)16-17-13(19)11-5-7-15-8-6-11;1-6(9)3-4-7(10)8(11)13-5-12-2;7-9-6(10)5-1-3-8-4-2-5/h5-8H,3-4,9H2,1-2H3,(H,17,19);2-5H2,1H3;1-4H,7H2,(H,9,10)/q;+1;/b16-12-;;. The van der Waals surface area contributed by atoms with Gasteiger partial charge in [-0.05, 0) is 38.1 Å². The number of methoxy groups -OCH3 is 1. The molecule has 0 aliphatic rings. The first-order chi connectivity index (χ1) is 21.5. The van der Waals surface area contributed by atoms with Gasteiger partial charge in [0, 0.05) is 68.7 Å². The summed E-state index contributed by atoms with van der Waals surface area (Å²) in [6, 6.07) is 6.18. The molecule has 0 unspecified atom stereocenters. The molecule has 0 bridgehead atoms. The first kappa shape index (κ1) is 39.6. The maximum atomic E-state index is 11.8. The maximum Gasteiger partial charge on any atom is 0.376 e. The molecule has 2 amide bonds. The number of Topliss-reactive ketones (excluding diaryl/α,β-unsaturated/α-hetero) is 3. The van der Waals surface area contributed by atoms with E-state index in [1.807, 2.05) is 5.43 Å². The monoisotopic (exact) mass is 631 g/mol. The van der Waals surface area contributed by atoms with Crippen LogP contribution in [0, 0.1) is 7.11 Å². The highest BCUT2D eigenvalue weighted by molar-refractivity contribution is 6.36. The number of rotatable bonds is 15. The number of hydrogen-bond donors (Lipinski definition) is 3. The first-order valence-corrected chi connectivity index (χ1v) is 12.9. The number of nitrogens with two attached hydrogens (primary N) is 1. The van der Waals surface area contributed by atoms with E-state index in [0.717, 1.165) is 0 Å². The van der Waals surface area contributed by atoms with Gasteiger partial charge in [-0.15, -0.1) is 0 Å². The lowest BCUT2D eigenvalue weighted by Crippen LogP contribution is -2.29. The molecule has 2 heterocycles. The van der Waals surface area contributed by atoms with Gasteiger partial charge < -0.3 is 23.8 Å². The summed E-state index contributed by atoms with van der Waals surface area (Å²) in [6.07, 6.45) is 6.10. The van der Waals surface area contributed by atoms with Crippen molar-refractivity contribution < 1.29 is 52.5 Å². The van der Waals surface area contributed by atoms with Gasteiger partial charge in [-0.25, -0.2) is 20.9 Å². The molecule has 0 aliphatic heterocycles. The van der Waals surface area contributed by atoms with Crippen LogP contribution in [0.3, 0.4) is 0 Å². The van der Waals surface area contributed by atoms with Crippen LogP contribution in [0.2, 0.25) is 0 Å². The van der Waals surface area contributed by atoms with E-state index < -0.39 is 23.6 Å². The van der Waals surface area contributed by atoms with Crippen molar-refractivity contribution in [3.8, 4) is 0 Å².